The second kappa shape index (κ2) is 5.75. The van der Waals surface area contributed by atoms with Crippen LogP contribution in [-0.4, -0.2) is 21.0 Å². The van der Waals surface area contributed by atoms with E-state index in [-0.39, 0.29) is 5.41 Å². The molecule has 2 rings (SSSR count). The van der Waals surface area contributed by atoms with Gasteiger partial charge in [0.1, 0.15) is 4.90 Å². The van der Waals surface area contributed by atoms with E-state index < -0.39 is 10.0 Å². The third kappa shape index (κ3) is 3.81. The first-order valence-corrected chi connectivity index (χ1v) is 9.40. The van der Waals surface area contributed by atoms with E-state index in [9.17, 15) is 8.42 Å². The van der Waals surface area contributed by atoms with Crippen LogP contribution in [0.4, 0.5) is 0 Å². The molecule has 0 radical (unpaired) electrons. The summed E-state index contributed by atoms with van der Waals surface area (Å²) in [5.41, 5.74) is 1.01. The highest BCUT2D eigenvalue weighted by Gasteiger charge is 2.38. The van der Waals surface area contributed by atoms with Crippen molar-refractivity contribution in [2.75, 3.05) is 6.54 Å². The first kappa shape index (κ1) is 15.9. The molecule has 0 amide bonds. The lowest BCUT2D eigenvalue weighted by atomic mass is 10.2. The van der Waals surface area contributed by atoms with E-state index in [1.54, 1.807) is 0 Å². The average Bonchev–Trinajstić information content (AvgIpc) is 2.96. The van der Waals surface area contributed by atoms with E-state index in [0.29, 0.717) is 24.0 Å². The van der Waals surface area contributed by atoms with Crippen molar-refractivity contribution in [3.63, 3.8) is 0 Å². The van der Waals surface area contributed by atoms with Gasteiger partial charge in [-0.15, -0.1) is 11.3 Å². The predicted molar refractivity (Wildman–Crippen MR) is 83.6 cm³/mol. The lowest BCUT2D eigenvalue weighted by molar-refractivity contribution is 0.528. The number of hydrogen-bond acceptors (Lipinski definition) is 4. The Balaban J connectivity index is 2.14. The van der Waals surface area contributed by atoms with Crippen molar-refractivity contribution in [2.24, 2.45) is 5.41 Å². The van der Waals surface area contributed by atoms with E-state index in [2.05, 4.69) is 30.8 Å². The summed E-state index contributed by atoms with van der Waals surface area (Å²) in [5, 5.41) is 5.21. The van der Waals surface area contributed by atoms with Gasteiger partial charge in [-0.1, -0.05) is 20.8 Å². The van der Waals surface area contributed by atoms with Crippen LogP contribution in [0.5, 0.6) is 0 Å². The molecule has 1 aliphatic carbocycles. The highest BCUT2D eigenvalue weighted by molar-refractivity contribution is 7.89. The van der Waals surface area contributed by atoms with Gasteiger partial charge in [0.25, 0.3) is 0 Å². The van der Waals surface area contributed by atoms with Gasteiger partial charge in [-0.3, -0.25) is 0 Å². The fraction of sp³-hybridized carbons (Fsp3) is 0.714. The Morgan fingerprint density at radius 1 is 1.40 bits per heavy atom. The summed E-state index contributed by atoms with van der Waals surface area (Å²) in [5.74, 6) is 0. The van der Waals surface area contributed by atoms with Crippen molar-refractivity contribution < 1.29 is 8.42 Å². The molecule has 1 fully saturated rings. The molecule has 0 atom stereocenters. The minimum Gasteiger partial charge on any atom is -0.310 e. The SMILES string of the molecule is Cc1csc(CNC(C)C)c1S(=O)(=O)NCC1(C)CC1. The second-order valence-electron chi connectivity index (χ2n) is 6.34. The number of sulfonamides is 1. The van der Waals surface area contributed by atoms with E-state index >= 15 is 0 Å². The molecule has 20 heavy (non-hydrogen) atoms. The van der Waals surface area contributed by atoms with Crippen LogP contribution in [0.15, 0.2) is 10.3 Å². The van der Waals surface area contributed by atoms with Crippen molar-refractivity contribution in [1.29, 1.82) is 0 Å². The molecule has 0 unspecified atom stereocenters. The van der Waals surface area contributed by atoms with Crippen LogP contribution in [0.2, 0.25) is 0 Å². The van der Waals surface area contributed by atoms with Crippen LogP contribution >= 0.6 is 11.3 Å². The van der Waals surface area contributed by atoms with Crippen molar-refractivity contribution in [3.05, 3.63) is 15.8 Å². The molecule has 0 spiro atoms. The Kier molecular flexibility index (Phi) is 4.59. The summed E-state index contributed by atoms with van der Waals surface area (Å²) >= 11 is 1.51. The zero-order valence-corrected chi connectivity index (χ0v) is 14.2. The Morgan fingerprint density at radius 2 is 2.05 bits per heavy atom. The summed E-state index contributed by atoms with van der Waals surface area (Å²) in [4.78, 5) is 1.37. The van der Waals surface area contributed by atoms with E-state index in [0.717, 1.165) is 23.3 Å². The first-order chi connectivity index (χ1) is 9.23. The van der Waals surface area contributed by atoms with Gasteiger partial charge in [0.05, 0.1) is 0 Å². The maximum Gasteiger partial charge on any atom is 0.242 e. The maximum atomic E-state index is 12.5. The summed E-state index contributed by atoms with van der Waals surface area (Å²) in [7, 11) is -3.40. The normalized spacial score (nSPS) is 17.6. The molecule has 0 bridgehead atoms. The number of rotatable bonds is 7. The highest BCUT2D eigenvalue weighted by Crippen LogP contribution is 2.44. The zero-order valence-electron chi connectivity index (χ0n) is 12.6. The molecule has 114 valence electrons. The van der Waals surface area contributed by atoms with E-state index in [1.165, 1.54) is 11.3 Å². The third-order valence-corrected chi connectivity index (χ3v) is 6.59. The Labute approximate surface area is 126 Å². The van der Waals surface area contributed by atoms with Gasteiger partial charge in [-0.25, -0.2) is 13.1 Å². The van der Waals surface area contributed by atoms with Crippen LogP contribution < -0.4 is 10.0 Å². The Hall–Kier alpha value is -0.430. The third-order valence-electron chi connectivity index (χ3n) is 3.72. The number of thiophene rings is 1. The van der Waals surface area contributed by atoms with Gasteiger partial charge in [-0.05, 0) is 36.1 Å². The molecule has 1 aromatic rings. The fourth-order valence-electron chi connectivity index (χ4n) is 2.00. The standard InChI is InChI=1S/C14H24N2O2S2/c1-10(2)15-7-12-13(11(3)8-19-12)20(17,18)16-9-14(4)5-6-14/h8,10,15-16H,5-7,9H2,1-4H3. The molecule has 0 aromatic carbocycles. The largest absolute Gasteiger partial charge is 0.310 e. The summed E-state index contributed by atoms with van der Waals surface area (Å²) in [6.07, 6.45) is 2.22. The van der Waals surface area contributed by atoms with Gasteiger partial charge in [0.2, 0.25) is 10.0 Å². The summed E-state index contributed by atoms with van der Waals surface area (Å²) in [6, 6.07) is 0.339. The number of nitrogens with one attached hydrogen (secondary N) is 2. The van der Waals surface area contributed by atoms with E-state index in [4.69, 9.17) is 0 Å². The summed E-state index contributed by atoms with van der Waals surface area (Å²) in [6.45, 7) is 9.24. The number of hydrogen-bond donors (Lipinski definition) is 2. The zero-order chi connectivity index (χ0) is 15.0. The second-order valence-corrected chi connectivity index (χ2v) is 9.01. The monoisotopic (exact) mass is 316 g/mol. The Morgan fingerprint density at radius 3 is 2.60 bits per heavy atom. The predicted octanol–water partition coefficient (Wildman–Crippen LogP) is 2.63. The quantitative estimate of drug-likeness (QED) is 0.813. The van der Waals surface area contributed by atoms with Crippen molar-refractivity contribution in [1.82, 2.24) is 10.0 Å². The molecular weight excluding hydrogens is 292 g/mol. The topological polar surface area (TPSA) is 58.2 Å². The lowest BCUT2D eigenvalue weighted by Gasteiger charge is -2.13. The average molecular weight is 316 g/mol. The molecule has 0 saturated heterocycles. The minimum absolute atomic E-state index is 0.174. The molecule has 1 saturated carbocycles. The smallest absolute Gasteiger partial charge is 0.242 e. The molecule has 2 N–H and O–H groups in total. The van der Waals surface area contributed by atoms with Gasteiger partial charge < -0.3 is 5.32 Å². The molecule has 4 nitrogen and oxygen atoms in total. The van der Waals surface area contributed by atoms with Crippen LogP contribution in [-0.2, 0) is 16.6 Å². The van der Waals surface area contributed by atoms with Gasteiger partial charge in [-0.2, -0.15) is 0 Å². The highest BCUT2D eigenvalue weighted by atomic mass is 32.2. The minimum atomic E-state index is -3.40. The number of aryl methyl sites for hydroxylation is 1. The molecule has 0 aliphatic heterocycles. The fourth-order valence-corrected chi connectivity index (χ4v) is 4.96. The molecule has 1 aromatic heterocycles. The Bertz CT molecular complexity index is 572. The molecule has 6 heteroatoms. The van der Waals surface area contributed by atoms with Gasteiger partial charge in [0.15, 0.2) is 0 Å². The van der Waals surface area contributed by atoms with Crippen molar-refractivity contribution in [3.8, 4) is 0 Å². The van der Waals surface area contributed by atoms with Crippen molar-refractivity contribution >= 4 is 21.4 Å². The maximum absolute atomic E-state index is 12.5. The molecular formula is C14H24N2O2S2. The van der Waals surface area contributed by atoms with Crippen LogP contribution in [0, 0.1) is 12.3 Å². The van der Waals surface area contributed by atoms with Gasteiger partial charge >= 0.3 is 0 Å². The van der Waals surface area contributed by atoms with Crippen LogP contribution in [0.25, 0.3) is 0 Å². The van der Waals surface area contributed by atoms with Crippen molar-refractivity contribution in [2.45, 2.75) is 58.0 Å². The first-order valence-electron chi connectivity index (χ1n) is 7.03. The lowest BCUT2D eigenvalue weighted by Crippen LogP contribution is -2.30. The van der Waals surface area contributed by atoms with Gasteiger partial charge in [0, 0.05) is 24.0 Å². The van der Waals surface area contributed by atoms with E-state index in [1.807, 2.05) is 12.3 Å². The van der Waals surface area contributed by atoms with Crippen LogP contribution in [0.1, 0.15) is 44.1 Å². The summed E-state index contributed by atoms with van der Waals surface area (Å²) < 4.78 is 27.8. The molecule has 1 heterocycles. The van der Waals surface area contributed by atoms with Crippen LogP contribution in [0.3, 0.4) is 0 Å². The molecule has 1 aliphatic rings.